The summed E-state index contributed by atoms with van der Waals surface area (Å²) in [6.45, 7) is 12.0. The number of carbonyl (C=O) groups excluding carboxylic acids is 2. The van der Waals surface area contributed by atoms with Crippen LogP contribution in [0.2, 0.25) is 0 Å². The standard InChI is InChI=1S/C25H37BrO4/c1-6-11-14-19(9-4)24(27)29-22-17-18(13-8-3)16-21(26)23(22)30-25(28)20(10-5)15-12-7-2/h8,16-17,19-20H,3,6-7,9-15H2,1-2,4-5H3. The van der Waals surface area contributed by atoms with E-state index in [1.807, 2.05) is 19.9 Å². The first-order chi connectivity index (χ1) is 14.4. The summed E-state index contributed by atoms with van der Waals surface area (Å²) >= 11 is 3.50. The second kappa shape index (κ2) is 14.4. The van der Waals surface area contributed by atoms with E-state index in [1.54, 1.807) is 12.1 Å². The molecule has 0 fully saturated rings. The number of carbonyl (C=O) groups is 2. The first kappa shape index (κ1) is 26.4. The fraction of sp³-hybridized carbons (Fsp3) is 0.600. The van der Waals surface area contributed by atoms with E-state index in [0.29, 0.717) is 16.6 Å². The number of hydrogen-bond acceptors (Lipinski definition) is 4. The zero-order valence-electron chi connectivity index (χ0n) is 19.0. The highest BCUT2D eigenvalue weighted by Gasteiger charge is 2.25. The average Bonchev–Trinajstić information content (AvgIpc) is 2.72. The molecule has 0 bridgehead atoms. The van der Waals surface area contributed by atoms with Gasteiger partial charge in [0.05, 0.1) is 16.3 Å². The Morgan fingerprint density at radius 2 is 1.50 bits per heavy atom. The molecule has 4 nitrogen and oxygen atoms in total. The van der Waals surface area contributed by atoms with Crippen molar-refractivity contribution in [1.29, 1.82) is 0 Å². The number of unbranched alkanes of at least 4 members (excludes halogenated alkanes) is 2. The van der Waals surface area contributed by atoms with Gasteiger partial charge in [-0.25, -0.2) is 0 Å². The summed E-state index contributed by atoms with van der Waals surface area (Å²) in [4.78, 5) is 25.6. The maximum Gasteiger partial charge on any atom is 0.314 e. The fourth-order valence-corrected chi connectivity index (χ4v) is 3.91. The quantitative estimate of drug-likeness (QED) is 0.158. The lowest BCUT2D eigenvalue weighted by molar-refractivity contribution is -0.142. The van der Waals surface area contributed by atoms with Gasteiger partial charge >= 0.3 is 11.9 Å². The molecule has 0 heterocycles. The van der Waals surface area contributed by atoms with E-state index in [9.17, 15) is 9.59 Å². The fourth-order valence-electron chi connectivity index (χ4n) is 3.33. The van der Waals surface area contributed by atoms with Crippen molar-refractivity contribution in [3.05, 3.63) is 34.8 Å². The Hall–Kier alpha value is -1.62. The van der Waals surface area contributed by atoms with Gasteiger partial charge < -0.3 is 9.47 Å². The Bertz CT molecular complexity index is 699. The van der Waals surface area contributed by atoms with Gasteiger partial charge in [0, 0.05) is 0 Å². The Balaban J connectivity index is 3.17. The Morgan fingerprint density at radius 3 is 1.97 bits per heavy atom. The molecule has 0 spiro atoms. The van der Waals surface area contributed by atoms with Crippen molar-refractivity contribution in [3.63, 3.8) is 0 Å². The van der Waals surface area contributed by atoms with Gasteiger partial charge in [-0.2, -0.15) is 0 Å². The van der Waals surface area contributed by atoms with Crippen molar-refractivity contribution in [2.45, 2.75) is 85.5 Å². The van der Waals surface area contributed by atoms with E-state index in [4.69, 9.17) is 9.47 Å². The summed E-state index contributed by atoms with van der Waals surface area (Å²) in [5, 5.41) is 0. The van der Waals surface area contributed by atoms with Gasteiger partial charge in [-0.15, -0.1) is 6.58 Å². The lowest BCUT2D eigenvalue weighted by Crippen LogP contribution is -2.23. The van der Waals surface area contributed by atoms with E-state index in [-0.39, 0.29) is 29.5 Å². The van der Waals surface area contributed by atoms with Crippen LogP contribution in [-0.4, -0.2) is 11.9 Å². The van der Waals surface area contributed by atoms with E-state index in [1.165, 1.54) is 0 Å². The molecular weight excluding hydrogens is 444 g/mol. The summed E-state index contributed by atoms with van der Waals surface area (Å²) in [5.41, 5.74) is 0.930. The molecule has 0 amide bonds. The second-order valence-electron chi connectivity index (χ2n) is 7.73. The van der Waals surface area contributed by atoms with Crippen molar-refractivity contribution in [1.82, 2.24) is 0 Å². The van der Waals surface area contributed by atoms with Crippen LogP contribution in [0.3, 0.4) is 0 Å². The number of allylic oxidation sites excluding steroid dienone is 1. The van der Waals surface area contributed by atoms with Crippen molar-refractivity contribution >= 4 is 27.9 Å². The van der Waals surface area contributed by atoms with Gasteiger partial charge in [0.1, 0.15) is 0 Å². The summed E-state index contributed by atoms with van der Waals surface area (Å²) in [7, 11) is 0. The van der Waals surface area contributed by atoms with Crippen LogP contribution < -0.4 is 9.47 Å². The average molecular weight is 481 g/mol. The van der Waals surface area contributed by atoms with Crippen molar-refractivity contribution < 1.29 is 19.1 Å². The highest BCUT2D eigenvalue weighted by atomic mass is 79.9. The predicted molar refractivity (Wildman–Crippen MR) is 126 cm³/mol. The minimum atomic E-state index is -0.279. The molecule has 0 saturated heterocycles. The Morgan fingerprint density at radius 1 is 0.967 bits per heavy atom. The van der Waals surface area contributed by atoms with E-state index in [0.717, 1.165) is 56.9 Å². The summed E-state index contributed by atoms with van der Waals surface area (Å²) in [5.74, 6) is -0.312. The van der Waals surface area contributed by atoms with E-state index >= 15 is 0 Å². The summed E-state index contributed by atoms with van der Waals surface area (Å²) in [6, 6.07) is 3.65. The smallest absolute Gasteiger partial charge is 0.314 e. The monoisotopic (exact) mass is 480 g/mol. The van der Waals surface area contributed by atoms with Crippen LogP contribution in [0.4, 0.5) is 0 Å². The number of esters is 2. The molecule has 2 atom stereocenters. The van der Waals surface area contributed by atoms with Crippen LogP contribution in [0.25, 0.3) is 0 Å². The second-order valence-corrected chi connectivity index (χ2v) is 8.59. The number of ether oxygens (including phenoxy) is 2. The summed E-state index contributed by atoms with van der Waals surface area (Å²) in [6.07, 6.45) is 9.45. The molecule has 0 aromatic heterocycles. The molecule has 1 rings (SSSR count). The molecule has 5 heteroatoms. The third kappa shape index (κ3) is 8.25. The largest absolute Gasteiger partial charge is 0.422 e. The maximum atomic E-state index is 12.8. The van der Waals surface area contributed by atoms with Crippen molar-refractivity contribution in [3.8, 4) is 11.5 Å². The topological polar surface area (TPSA) is 52.6 Å². The minimum absolute atomic E-state index is 0.164. The highest BCUT2D eigenvalue weighted by Crippen LogP contribution is 2.38. The third-order valence-electron chi connectivity index (χ3n) is 5.33. The van der Waals surface area contributed by atoms with Crippen LogP contribution in [-0.2, 0) is 16.0 Å². The first-order valence-electron chi connectivity index (χ1n) is 11.3. The third-order valence-corrected chi connectivity index (χ3v) is 5.92. The van der Waals surface area contributed by atoms with Gasteiger partial charge in [0.2, 0.25) is 0 Å². The van der Waals surface area contributed by atoms with Crippen molar-refractivity contribution in [2.75, 3.05) is 0 Å². The van der Waals surface area contributed by atoms with Crippen LogP contribution in [0, 0.1) is 11.8 Å². The first-order valence-corrected chi connectivity index (χ1v) is 12.1. The molecule has 0 radical (unpaired) electrons. The lowest BCUT2D eigenvalue weighted by atomic mass is 9.99. The molecule has 0 saturated carbocycles. The van der Waals surface area contributed by atoms with Gasteiger partial charge in [0.25, 0.3) is 0 Å². The molecule has 1 aromatic carbocycles. The Labute approximate surface area is 190 Å². The van der Waals surface area contributed by atoms with Crippen molar-refractivity contribution in [2.24, 2.45) is 11.8 Å². The molecule has 0 aliphatic heterocycles. The normalized spacial score (nSPS) is 12.8. The maximum absolute atomic E-state index is 12.8. The Kier molecular flexibility index (Phi) is 12.7. The van der Waals surface area contributed by atoms with Gasteiger partial charge in [-0.1, -0.05) is 59.5 Å². The zero-order chi connectivity index (χ0) is 22.5. The molecule has 2 unspecified atom stereocenters. The summed E-state index contributed by atoms with van der Waals surface area (Å²) < 4.78 is 12.1. The molecular formula is C25H37BrO4. The van der Waals surface area contributed by atoms with Gasteiger partial charge in [0.15, 0.2) is 11.5 Å². The molecule has 168 valence electrons. The van der Waals surface area contributed by atoms with Crippen LogP contribution in [0.5, 0.6) is 11.5 Å². The molecule has 0 aliphatic rings. The van der Waals surface area contributed by atoms with E-state index in [2.05, 4.69) is 36.4 Å². The molecule has 30 heavy (non-hydrogen) atoms. The van der Waals surface area contributed by atoms with E-state index < -0.39 is 0 Å². The number of halogens is 1. The SMILES string of the molecule is C=CCc1cc(Br)c(OC(=O)C(CC)CCCC)c(OC(=O)C(CC)CCCC)c1. The molecule has 0 N–H and O–H groups in total. The highest BCUT2D eigenvalue weighted by molar-refractivity contribution is 9.10. The number of rotatable bonds is 14. The van der Waals surface area contributed by atoms with Gasteiger partial charge in [-0.3, -0.25) is 9.59 Å². The van der Waals surface area contributed by atoms with Gasteiger partial charge in [-0.05, 0) is 65.7 Å². The van der Waals surface area contributed by atoms with Crippen LogP contribution in [0.15, 0.2) is 29.3 Å². The minimum Gasteiger partial charge on any atom is -0.422 e. The lowest BCUT2D eigenvalue weighted by Gasteiger charge is -2.19. The van der Waals surface area contributed by atoms with Crippen LogP contribution in [0.1, 0.15) is 84.6 Å². The molecule has 0 aliphatic carbocycles. The molecule has 1 aromatic rings. The van der Waals surface area contributed by atoms with Crippen LogP contribution >= 0.6 is 15.9 Å². The number of benzene rings is 1. The predicted octanol–water partition coefficient (Wildman–Crippen LogP) is 7.42. The zero-order valence-corrected chi connectivity index (χ0v) is 20.6. The number of hydrogen-bond donors (Lipinski definition) is 0.